The first-order chi connectivity index (χ1) is 8.61. The van der Waals surface area contributed by atoms with E-state index in [4.69, 9.17) is 0 Å². The highest BCUT2D eigenvalue weighted by atomic mass is 79.9. The Labute approximate surface area is 115 Å². The molecule has 2 aromatic rings. The zero-order valence-electron chi connectivity index (χ0n) is 10.4. The summed E-state index contributed by atoms with van der Waals surface area (Å²) in [5.74, 6) is -0.208. The molecular formula is C15H15BrFN. The van der Waals surface area contributed by atoms with Gasteiger partial charge in [0.1, 0.15) is 5.82 Å². The molecule has 0 aromatic heterocycles. The zero-order valence-corrected chi connectivity index (χ0v) is 12.0. The Morgan fingerprint density at radius 2 is 1.67 bits per heavy atom. The van der Waals surface area contributed by atoms with Crippen molar-refractivity contribution in [1.82, 2.24) is 5.32 Å². The number of halogens is 2. The Morgan fingerprint density at radius 3 is 2.22 bits per heavy atom. The molecule has 94 valence electrons. The van der Waals surface area contributed by atoms with E-state index in [0.29, 0.717) is 0 Å². The summed E-state index contributed by atoms with van der Waals surface area (Å²) in [5.41, 5.74) is 3.42. The van der Waals surface area contributed by atoms with Crippen LogP contribution in [0.4, 0.5) is 4.39 Å². The summed E-state index contributed by atoms with van der Waals surface area (Å²) in [5, 5.41) is 3.26. The van der Waals surface area contributed by atoms with Crippen molar-refractivity contribution in [2.75, 3.05) is 7.05 Å². The fourth-order valence-electron chi connectivity index (χ4n) is 2.03. The van der Waals surface area contributed by atoms with Gasteiger partial charge in [0.25, 0.3) is 0 Å². The van der Waals surface area contributed by atoms with Gasteiger partial charge >= 0.3 is 0 Å². The summed E-state index contributed by atoms with van der Waals surface area (Å²) in [6, 6.07) is 12.9. The van der Waals surface area contributed by atoms with Crippen LogP contribution in [0.25, 0.3) is 0 Å². The molecule has 0 radical (unpaired) electrons. The van der Waals surface area contributed by atoms with Crippen LogP contribution in [0.15, 0.2) is 46.9 Å². The van der Waals surface area contributed by atoms with Gasteiger partial charge in [-0.1, -0.05) is 40.2 Å². The van der Waals surface area contributed by atoms with Crippen molar-refractivity contribution in [3.05, 3.63) is 69.4 Å². The lowest BCUT2D eigenvalue weighted by molar-refractivity contribution is 0.623. The molecule has 1 atom stereocenters. The van der Waals surface area contributed by atoms with Gasteiger partial charge in [0.05, 0.1) is 6.04 Å². The normalized spacial score (nSPS) is 12.4. The largest absolute Gasteiger partial charge is 0.309 e. The topological polar surface area (TPSA) is 12.0 Å². The van der Waals surface area contributed by atoms with Crippen LogP contribution in [0.1, 0.15) is 22.7 Å². The Hall–Kier alpha value is -1.19. The molecule has 1 nitrogen and oxygen atoms in total. The van der Waals surface area contributed by atoms with Gasteiger partial charge < -0.3 is 5.32 Å². The summed E-state index contributed by atoms with van der Waals surface area (Å²) in [6.07, 6.45) is 0. The first-order valence-electron chi connectivity index (χ1n) is 5.80. The van der Waals surface area contributed by atoms with Gasteiger partial charge in [-0.15, -0.1) is 0 Å². The minimum absolute atomic E-state index is 0.0809. The second-order valence-electron chi connectivity index (χ2n) is 4.28. The molecule has 0 bridgehead atoms. The number of nitrogens with one attached hydrogen (secondary N) is 1. The van der Waals surface area contributed by atoms with Crippen LogP contribution in [0.5, 0.6) is 0 Å². The Bertz CT molecular complexity index is 537. The van der Waals surface area contributed by atoms with Gasteiger partial charge in [-0.3, -0.25) is 0 Å². The van der Waals surface area contributed by atoms with E-state index in [1.165, 1.54) is 23.3 Å². The average Bonchev–Trinajstić information content (AvgIpc) is 2.37. The molecule has 0 saturated heterocycles. The van der Waals surface area contributed by atoms with E-state index in [1.54, 1.807) is 0 Å². The Balaban J connectivity index is 2.38. The summed E-state index contributed by atoms with van der Waals surface area (Å²) < 4.78 is 14.0. The summed E-state index contributed by atoms with van der Waals surface area (Å²) in [4.78, 5) is 0. The number of benzene rings is 2. The number of rotatable bonds is 3. The van der Waals surface area contributed by atoms with Crippen molar-refractivity contribution < 1.29 is 4.39 Å². The molecule has 0 spiro atoms. The van der Waals surface area contributed by atoms with Crippen LogP contribution in [0.2, 0.25) is 0 Å². The molecule has 18 heavy (non-hydrogen) atoms. The smallest absolute Gasteiger partial charge is 0.123 e. The highest BCUT2D eigenvalue weighted by molar-refractivity contribution is 9.10. The highest BCUT2D eigenvalue weighted by Gasteiger charge is 2.12. The first-order valence-corrected chi connectivity index (χ1v) is 6.60. The van der Waals surface area contributed by atoms with Gasteiger partial charge in [-0.05, 0) is 48.9 Å². The molecule has 0 heterocycles. The number of hydrogen-bond acceptors (Lipinski definition) is 1. The van der Waals surface area contributed by atoms with E-state index >= 15 is 0 Å². The van der Waals surface area contributed by atoms with Crippen molar-refractivity contribution in [2.24, 2.45) is 0 Å². The van der Waals surface area contributed by atoms with Crippen LogP contribution in [-0.2, 0) is 0 Å². The lowest BCUT2D eigenvalue weighted by atomic mass is 9.97. The standard InChI is InChI=1S/C15H15BrFN/c1-10-9-12(5-8-14(10)16)15(18-2)11-3-6-13(17)7-4-11/h3-9,15,18H,1-2H3. The van der Waals surface area contributed by atoms with Crippen LogP contribution < -0.4 is 5.32 Å². The van der Waals surface area contributed by atoms with Gasteiger partial charge in [-0.25, -0.2) is 4.39 Å². The SMILES string of the molecule is CNC(c1ccc(F)cc1)c1ccc(Br)c(C)c1. The maximum absolute atomic E-state index is 12.9. The number of hydrogen-bond donors (Lipinski definition) is 1. The molecule has 0 aliphatic heterocycles. The van der Waals surface area contributed by atoms with Crippen LogP contribution in [0, 0.1) is 12.7 Å². The average molecular weight is 308 g/mol. The highest BCUT2D eigenvalue weighted by Crippen LogP contribution is 2.25. The van der Waals surface area contributed by atoms with Gasteiger partial charge in [-0.2, -0.15) is 0 Å². The third kappa shape index (κ3) is 2.79. The van der Waals surface area contributed by atoms with E-state index in [0.717, 1.165) is 10.0 Å². The molecule has 0 fully saturated rings. The third-order valence-corrected chi connectivity index (χ3v) is 3.90. The number of aryl methyl sites for hydroxylation is 1. The summed E-state index contributed by atoms with van der Waals surface area (Å²) >= 11 is 3.50. The van der Waals surface area contributed by atoms with E-state index in [-0.39, 0.29) is 11.9 Å². The minimum Gasteiger partial charge on any atom is -0.309 e. The fraction of sp³-hybridized carbons (Fsp3) is 0.200. The van der Waals surface area contributed by atoms with Gasteiger partial charge in [0.2, 0.25) is 0 Å². The Kier molecular flexibility index (Phi) is 4.15. The molecule has 0 aliphatic rings. The molecule has 2 rings (SSSR count). The lowest BCUT2D eigenvalue weighted by Gasteiger charge is -2.18. The molecule has 0 saturated carbocycles. The van der Waals surface area contributed by atoms with E-state index in [9.17, 15) is 4.39 Å². The quantitative estimate of drug-likeness (QED) is 0.896. The maximum atomic E-state index is 12.9. The van der Waals surface area contributed by atoms with Crippen LogP contribution >= 0.6 is 15.9 Å². The molecule has 0 amide bonds. The van der Waals surface area contributed by atoms with Gasteiger partial charge in [0, 0.05) is 4.47 Å². The molecule has 1 N–H and O–H groups in total. The molecule has 3 heteroatoms. The van der Waals surface area contributed by atoms with Crippen molar-refractivity contribution in [1.29, 1.82) is 0 Å². The molecule has 2 aromatic carbocycles. The van der Waals surface area contributed by atoms with Crippen LogP contribution in [0.3, 0.4) is 0 Å². The van der Waals surface area contributed by atoms with Crippen molar-refractivity contribution in [2.45, 2.75) is 13.0 Å². The van der Waals surface area contributed by atoms with Gasteiger partial charge in [0.15, 0.2) is 0 Å². The van der Waals surface area contributed by atoms with E-state index in [2.05, 4.69) is 40.3 Å². The fourth-order valence-corrected chi connectivity index (χ4v) is 2.28. The summed E-state index contributed by atoms with van der Waals surface area (Å²) in [6.45, 7) is 2.06. The Morgan fingerprint density at radius 1 is 1.06 bits per heavy atom. The first kappa shape index (κ1) is 13.2. The summed E-state index contributed by atoms with van der Waals surface area (Å²) in [7, 11) is 1.91. The maximum Gasteiger partial charge on any atom is 0.123 e. The molecule has 1 unspecified atom stereocenters. The second kappa shape index (κ2) is 5.63. The van der Waals surface area contributed by atoms with Crippen molar-refractivity contribution in [3.63, 3.8) is 0 Å². The van der Waals surface area contributed by atoms with Crippen molar-refractivity contribution >= 4 is 15.9 Å². The minimum atomic E-state index is -0.208. The monoisotopic (exact) mass is 307 g/mol. The predicted octanol–water partition coefficient (Wildman–Crippen LogP) is 4.21. The zero-order chi connectivity index (χ0) is 13.1. The third-order valence-electron chi connectivity index (χ3n) is 3.01. The van der Waals surface area contributed by atoms with Crippen LogP contribution in [-0.4, -0.2) is 7.05 Å². The molecule has 0 aliphatic carbocycles. The second-order valence-corrected chi connectivity index (χ2v) is 5.14. The lowest BCUT2D eigenvalue weighted by Crippen LogP contribution is -2.17. The van der Waals surface area contributed by atoms with E-state index in [1.807, 2.05) is 25.2 Å². The van der Waals surface area contributed by atoms with E-state index < -0.39 is 0 Å². The predicted molar refractivity (Wildman–Crippen MR) is 76.2 cm³/mol. The molecular weight excluding hydrogens is 293 g/mol. The van der Waals surface area contributed by atoms with Crippen molar-refractivity contribution in [3.8, 4) is 0 Å².